The number of hydrogen-bond acceptors (Lipinski definition) is 1. The predicted octanol–water partition coefficient (Wildman–Crippen LogP) is 6.36. The van der Waals surface area contributed by atoms with Crippen LogP contribution in [0.15, 0.2) is 48.7 Å². The van der Waals surface area contributed by atoms with Crippen LogP contribution in [-0.4, -0.2) is 4.98 Å². The molecule has 1 aromatic heterocycles. The number of aromatic nitrogens is 1. The van der Waals surface area contributed by atoms with E-state index in [-0.39, 0.29) is 0 Å². The van der Waals surface area contributed by atoms with Gasteiger partial charge in [-0.3, -0.25) is 4.98 Å². The maximum Gasteiger partial charge on any atom is 0.0704 e. The molecule has 0 aliphatic rings. The minimum Gasteiger partial charge on any atom is -0.256 e. The van der Waals surface area contributed by atoms with Crippen molar-refractivity contribution in [2.75, 3.05) is 0 Å². The predicted molar refractivity (Wildman–Crippen MR) is 95.6 cm³/mol. The molecule has 0 N–H and O–H groups in total. The summed E-state index contributed by atoms with van der Waals surface area (Å²) in [6, 6.07) is 8.66. The van der Waals surface area contributed by atoms with Crippen LogP contribution in [0.3, 0.4) is 0 Å². The molecule has 21 heavy (non-hydrogen) atoms. The van der Waals surface area contributed by atoms with E-state index < -0.39 is 0 Å². The molecule has 0 radical (unpaired) electrons. The number of benzene rings is 1. The van der Waals surface area contributed by atoms with Crippen molar-refractivity contribution in [2.24, 2.45) is 0 Å². The highest BCUT2D eigenvalue weighted by Gasteiger charge is 2.07. The highest BCUT2D eigenvalue weighted by molar-refractivity contribution is 5.88. The van der Waals surface area contributed by atoms with Crippen LogP contribution in [0.1, 0.15) is 58.7 Å². The molecule has 2 aromatic rings. The lowest BCUT2D eigenvalue weighted by Gasteiger charge is -2.11. The van der Waals surface area contributed by atoms with Crippen LogP contribution in [0.5, 0.6) is 0 Å². The molecule has 1 heterocycles. The molecule has 2 rings (SSSR count). The zero-order valence-corrected chi connectivity index (χ0v) is 14.1. The van der Waals surface area contributed by atoms with Crippen molar-refractivity contribution >= 4 is 16.3 Å². The van der Waals surface area contributed by atoms with E-state index in [4.69, 9.17) is 0 Å². The first-order valence-corrected chi connectivity index (χ1v) is 7.85. The Morgan fingerprint density at radius 2 is 1.86 bits per heavy atom. The number of nitrogens with zero attached hydrogens (tertiary/aromatic N) is 1. The number of rotatable bonds is 3. The van der Waals surface area contributed by atoms with Crippen molar-refractivity contribution in [3.05, 3.63) is 59.9 Å². The van der Waals surface area contributed by atoms with Gasteiger partial charge in [0.1, 0.15) is 0 Å². The van der Waals surface area contributed by atoms with E-state index in [0.29, 0.717) is 5.92 Å². The summed E-state index contributed by atoms with van der Waals surface area (Å²) in [7, 11) is 0. The quantitative estimate of drug-likeness (QED) is 0.596. The topological polar surface area (TPSA) is 12.9 Å². The Labute approximate surface area is 129 Å². The van der Waals surface area contributed by atoms with E-state index in [1.54, 1.807) is 0 Å². The van der Waals surface area contributed by atoms with Crippen molar-refractivity contribution in [3.63, 3.8) is 0 Å². The molecule has 0 bridgehead atoms. The van der Waals surface area contributed by atoms with Gasteiger partial charge in [0.15, 0.2) is 0 Å². The van der Waals surface area contributed by atoms with E-state index in [9.17, 15) is 0 Å². The molecule has 0 fully saturated rings. The van der Waals surface area contributed by atoms with E-state index in [1.807, 2.05) is 40.0 Å². The van der Waals surface area contributed by atoms with E-state index in [2.05, 4.69) is 55.2 Å². The normalized spacial score (nSPS) is 11.9. The zero-order chi connectivity index (χ0) is 15.8. The minimum atomic E-state index is 0.521. The lowest BCUT2D eigenvalue weighted by atomic mass is 9.96. The van der Waals surface area contributed by atoms with E-state index in [1.165, 1.54) is 21.9 Å². The molecule has 0 saturated carbocycles. The SMILES string of the molecule is C/C=C\C(=C/C)c1cc2cccc(C(C)C)c2cn1.CC. The lowest BCUT2D eigenvalue weighted by molar-refractivity contribution is 0.875. The van der Waals surface area contributed by atoms with Gasteiger partial charge in [0.2, 0.25) is 0 Å². The summed E-state index contributed by atoms with van der Waals surface area (Å²) in [4.78, 5) is 4.62. The van der Waals surface area contributed by atoms with E-state index in [0.717, 1.165) is 5.69 Å². The molecule has 0 aliphatic heterocycles. The first-order chi connectivity index (χ1) is 10.2. The molecule has 0 saturated heterocycles. The van der Waals surface area contributed by atoms with Gasteiger partial charge in [-0.2, -0.15) is 0 Å². The molecule has 112 valence electrons. The Kier molecular flexibility index (Phi) is 6.87. The average Bonchev–Trinajstić information content (AvgIpc) is 2.53. The smallest absolute Gasteiger partial charge is 0.0704 e. The molecule has 0 atom stereocenters. The van der Waals surface area contributed by atoms with Gasteiger partial charge in [-0.05, 0) is 42.4 Å². The summed E-state index contributed by atoms with van der Waals surface area (Å²) < 4.78 is 0. The van der Waals surface area contributed by atoms with Gasteiger partial charge in [-0.1, -0.05) is 64.1 Å². The summed E-state index contributed by atoms with van der Waals surface area (Å²) in [5.41, 5.74) is 3.57. The highest BCUT2D eigenvalue weighted by Crippen LogP contribution is 2.26. The molecule has 1 nitrogen and oxygen atoms in total. The van der Waals surface area contributed by atoms with Gasteiger partial charge in [-0.25, -0.2) is 0 Å². The molecule has 1 aromatic carbocycles. The Morgan fingerprint density at radius 3 is 2.43 bits per heavy atom. The van der Waals surface area contributed by atoms with Crippen molar-refractivity contribution in [1.29, 1.82) is 0 Å². The lowest BCUT2D eigenvalue weighted by Crippen LogP contribution is -1.92. The maximum atomic E-state index is 4.62. The van der Waals surface area contributed by atoms with Crippen LogP contribution < -0.4 is 0 Å². The largest absolute Gasteiger partial charge is 0.256 e. The Balaban J connectivity index is 0.00000106. The number of fused-ring (bicyclic) bond motifs is 1. The van der Waals surface area contributed by atoms with Gasteiger partial charge >= 0.3 is 0 Å². The molecule has 0 amide bonds. The van der Waals surface area contributed by atoms with Gasteiger partial charge in [0.05, 0.1) is 5.69 Å². The molecular formula is C20H27N. The fourth-order valence-corrected chi connectivity index (χ4v) is 2.37. The summed E-state index contributed by atoms with van der Waals surface area (Å²) >= 11 is 0. The van der Waals surface area contributed by atoms with Gasteiger partial charge < -0.3 is 0 Å². The molecule has 0 unspecified atom stereocenters. The standard InChI is InChI=1S/C18H21N.C2H6/c1-5-8-14(6-2)18-11-15-9-7-10-16(13(3)4)17(15)12-19-18;1-2/h5-13H,1-4H3;1-2H3/b8-5-,14-6+;. The Hall–Kier alpha value is -1.89. The van der Waals surface area contributed by atoms with Crippen molar-refractivity contribution in [3.8, 4) is 0 Å². The Bertz CT molecular complexity index is 633. The average molecular weight is 281 g/mol. The first-order valence-electron chi connectivity index (χ1n) is 7.85. The minimum absolute atomic E-state index is 0.521. The summed E-state index contributed by atoms with van der Waals surface area (Å²) in [5.74, 6) is 0.521. The van der Waals surface area contributed by atoms with Gasteiger partial charge in [0.25, 0.3) is 0 Å². The summed E-state index contributed by atoms with van der Waals surface area (Å²) in [6.07, 6.45) is 8.25. The van der Waals surface area contributed by atoms with Gasteiger partial charge in [0, 0.05) is 11.6 Å². The number of hydrogen-bond donors (Lipinski definition) is 0. The number of pyridine rings is 1. The summed E-state index contributed by atoms with van der Waals surface area (Å²) in [6.45, 7) is 12.5. The van der Waals surface area contributed by atoms with Crippen LogP contribution in [-0.2, 0) is 0 Å². The second kappa shape index (κ2) is 8.41. The molecule has 1 heteroatoms. The van der Waals surface area contributed by atoms with Crippen molar-refractivity contribution in [1.82, 2.24) is 4.98 Å². The highest BCUT2D eigenvalue weighted by atomic mass is 14.7. The van der Waals surface area contributed by atoms with Gasteiger partial charge in [-0.15, -0.1) is 0 Å². The third kappa shape index (κ3) is 4.04. The third-order valence-corrected chi connectivity index (χ3v) is 3.37. The Morgan fingerprint density at radius 1 is 1.14 bits per heavy atom. The van der Waals surface area contributed by atoms with Crippen molar-refractivity contribution < 1.29 is 0 Å². The van der Waals surface area contributed by atoms with Crippen LogP contribution in [0, 0.1) is 0 Å². The monoisotopic (exact) mass is 281 g/mol. The van der Waals surface area contributed by atoms with E-state index >= 15 is 0 Å². The zero-order valence-electron chi connectivity index (χ0n) is 14.1. The van der Waals surface area contributed by atoms with Crippen molar-refractivity contribution in [2.45, 2.75) is 47.5 Å². The maximum absolute atomic E-state index is 4.62. The third-order valence-electron chi connectivity index (χ3n) is 3.37. The molecule has 0 spiro atoms. The summed E-state index contributed by atoms with van der Waals surface area (Å²) in [5, 5.41) is 2.53. The van der Waals surface area contributed by atoms with Crippen LogP contribution >= 0.6 is 0 Å². The second-order valence-corrected chi connectivity index (χ2v) is 5.04. The molecular weight excluding hydrogens is 254 g/mol. The van der Waals surface area contributed by atoms with Crippen LogP contribution in [0.25, 0.3) is 16.3 Å². The van der Waals surface area contributed by atoms with Crippen LogP contribution in [0.2, 0.25) is 0 Å². The van der Waals surface area contributed by atoms with Crippen LogP contribution in [0.4, 0.5) is 0 Å². The first kappa shape index (κ1) is 17.2. The second-order valence-electron chi connectivity index (χ2n) is 5.04. The molecule has 0 aliphatic carbocycles. The number of allylic oxidation sites excluding steroid dienone is 4. The fourth-order valence-electron chi connectivity index (χ4n) is 2.37. The fraction of sp³-hybridized carbons (Fsp3) is 0.350.